The Labute approximate surface area is 105 Å². The van der Waals surface area contributed by atoms with Crippen LogP contribution < -0.4 is 0 Å². The van der Waals surface area contributed by atoms with E-state index >= 15 is 0 Å². The predicted molar refractivity (Wildman–Crippen MR) is 68.2 cm³/mol. The standard InChI is InChI=1S/C13H27NO3/c1-6-11-9-17-10(2)7-14(11)8-12(15)13(3,4)16-5/h10-12,15H,6-9H2,1-5H3. The van der Waals surface area contributed by atoms with Crippen molar-refractivity contribution in [3.05, 3.63) is 0 Å². The van der Waals surface area contributed by atoms with Gasteiger partial charge < -0.3 is 14.6 Å². The van der Waals surface area contributed by atoms with Crippen molar-refractivity contribution < 1.29 is 14.6 Å². The third-order valence-corrected chi connectivity index (χ3v) is 3.79. The second-order valence-electron chi connectivity index (χ2n) is 5.48. The summed E-state index contributed by atoms with van der Waals surface area (Å²) < 4.78 is 11.0. The molecule has 1 aliphatic rings. The summed E-state index contributed by atoms with van der Waals surface area (Å²) in [5.74, 6) is 0. The third-order valence-electron chi connectivity index (χ3n) is 3.79. The van der Waals surface area contributed by atoms with Gasteiger partial charge in [0.2, 0.25) is 0 Å². The fourth-order valence-corrected chi connectivity index (χ4v) is 2.09. The van der Waals surface area contributed by atoms with Gasteiger partial charge in [0.25, 0.3) is 0 Å². The summed E-state index contributed by atoms with van der Waals surface area (Å²) >= 11 is 0. The first-order chi connectivity index (χ1) is 7.90. The van der Waals surface area contributed by atoms with Gasteiger partial charge in [0.15, 0.2) is 0 Å². The molecule has 1 saturated heterocycles. The highest BCUT2D eigenvalue weighted by molar-refractivity contribution is 4.86. The summed E-state index contributed by atoms with van der Waals surface area (Å²) in [4.78, 5) is 2.32. The number of hydrogen-bond donors (Lipinski definition) is 1. The molecule has 0 saturated carbocycles. The van der Waals surface area contributed by atoms with Gasteiger partial charge >= 0.3 is 0 Å². The number of methoxy groups -OCH3 is 1. The molecule has 1 N–H and O–H groups in total. The van der Waals surface area contributed by atoms with Gasteiger partial charge in [0.05, 0.1) is 24.4 Å². The molecule has 3 unspecified atom stereocenters. The summed E-state index contributed by atoms with van der Waals surface area (Å²) in [5, 5.41) is 10.2. The van der Waals surface area contributed by atoms with E-state index < -0.39 is 11.7 Å². The molecule has 1 heterocycles. The minimum absolute atomic E-state index is 0.246. The van der Waals surface area contributed by atoms with Crippen LogP contribution in [-0.2, 0) is 9.47 Å². The smallest absolute Gasteiger partial charge is 0.0950 e. The van der Waals surface area contributed by atoms with Crippen molar-refractivity contribution in [2.45, 2.75) is 58.0 Å². The number of hydrogen-bond acceptors (Lipinski definition) is 4. The zero-order valence-corrected chi connectivity index (χ0v) is 11.8. The van der Waals surface area contributed by atoms with Crippen molar-refractivity contribution in [2.24, 2.45) is 0 Å². The molecule has 0 aromatic rings. The second kappa shape index (κ2) is 6.14. The Balaban J connectivity index is 2.58. The first-order valence-corrected chi connectivity index (χ1v) is 6.49. The van der Waals surface area contributed by atoms with Gasteiger partial charge in [0.1, 0.15) is 0 Å². The molecule has 3 atom stereocenters. The van der Waals surface area contributed by atoms with Crippen LogP contribution in [0.5, 0.6) is 0 Å². The van der Waals surface area contributed by atoms with Crippen molar-refractivity contribution in [1.29, 1.82) is 0 Å². The second-order valence-corrected chi connectivity index (χ2v) is 5.48. The molecule has 17 heavy (non-hydrogen) atoms. The van der Waals surface area contributed by atoms with Crippen LogP contribution in [0.25, 0.3) is 0 Å². The molecule has 0 radical (unpaired) electrons. The number of morpholine rings is 1. The molecule has 0 bridgehead atoms. The molecule has 0 spiro atoms. The van der Waals surface area contributed by atoms with Gasteiger partial charge in [-0.15, -0.1) is 0 Å². The fourth-order valence-electron chi connectivity index (χ4n) is 2.09. The van der Waals surface area contributed by atoms with Crippen LogP contribution in [0, 0.1) is 0 Å². The fraction of sp³-hybridized carbons (Fsp3) is 1.00. The maximum atomic E-state index is 10.2. The van der Waals surface area contributed by atoms with Crippen molar-refractivity contribution >= 4 is 0 Å². The normalized spacial score (nSPS) is 29.3. The van der Waals surface area contributed by atoms with Crippen molar-refractivity contribution in [2.75, 3.05) is 26.8 Å². The molecule has 4 heteroatoms. The Bertz CT molecular complexity index is 233. The van der Waals surface area contributed by atoms with Gasteiger partial charge in [0, 0.05) is 26.2 Å². The van der Waals surface area contributed by atoms with Crippen LogP contribution >= 0.6 is 0 Å². The number of aliphatic hydroxyl groups excluding tert-OH is 1. The number of ether oxygens (including phenoxy) is 2. The van der Waals surface area contributed by atoms with Crippen LogP contribution in [-0.4, -0.2) is 60.7 Å². The quantitative estimate of drug-likeness (QED) is 0.792. The highest BCUT2D eigenvalue weighted by atomic mass is 16.5. The highest BCUT2D eigenvalue weighted by Gasteiger charge is 2.33. The van der Waals surface area contributed by atoms with E-state index in [9.17, 15) is 5.11 Å². The monoisotopic (exact) mass is 245 g/mol. The lowest BCUT2D eigenvalue weighted by Gasteiger charge is -2.41. The minimum atomic E-state index is -0.500. The Morgan fingerprint density at radius 2 is 2.18 bits per heavy atom. The average molecular weight is 245 g/mol. The molecule has 1 rings (SSSR count). The summed E-state index contributed by atoms with van der Waals surface area (Å²) in [5.41, 5.74) is -0.500. The molecule has 102 valence electrons. The maximum Gasteiger partial charge on any atom is 0.0950 e. The number of rotatable bonds is 5. The maximum absolute atomic E-state index is 10.2. The predicted octanol–water partition coefficient (Wildman–Crippen LogP) is 1.27. The third kappa shape index (κ3) is 3.91. The van der Waals surface area contributed by atoms with Crippen molar-refractivity contribution in [1.82, 2.24) is 4.90 Å². The van der Waals surface area contributed by atoms with E-state index in [4.69, 9.17) is 9.47 Å². The minimum Gasteiger partial charge on any atom is -0.389 e. The molecule has 0 amide bonds. The first kappa shape index (κ1) is 14.9. The average Bonchev–Trinajstić information content (AvgIpc) is 2.29. The van der Waals surface area contributed by atoms with E-state index in [0.717, 1.165) is 19.6 Å². The van der Waals surface area contributed by atoms with Crippen LogP contribution in [0.1, 0.15) is 34.1 Å². The largest absolute Gasteiger partial charge is 0.389 e. The van der Waals surface area contributed by atoms with Gasteiger partial charge in [-0.05, 0) is 27.2 Å². The van der Waals surface area contributed by atoms with Gasteiger partial charge in [-0.25, -0.2) is 0 Å². The van der Waals surface area contributed by atoms with Crippen LogP contribution in [0.4, 0.5) is 0 Å². The lowest BCUT2D eigenvalue weighted by molar-refractivity contribution is -0.115. The zero-order chi connectivity index (χ0) is 13.1. The van der Waals surface area contributed by atoms with E-state index in [1.807, 2.05) is 13.8 Å². The number of aliphatic hydroxyl groups is 1. The van der Waals surface area contributed by atoms with Gasteiger partial charge in [-0.2, -0.15) is 0 Å². The molecule has 1 aliphatic heterocycles. The topological polar surface area (TPSA) is 41.9 Å². The Morgan fingerprint density at radius 3 is 2.71 bits per heavy atom. The zero-order valence-electron chi connectivity index (χ0n) is 11.8. The molecular weight excluding hydrogens is 218 g/mol. The summed E-state index contributed by atoms with van der Waals surface area (Å²) in [6.07, 6.45) is 0.815. The van der Waals surface area contributed by atoms with E-state index in [1.165, 1.54) is 0 Å². The van der Waals surface area contributed by atoms with Gasteiger partial charge in [-0.1, -0.05) is 6.92 Å². The SMILES string of the molecule is CCC1COC(C)CN1CC(O)C(C)(C)OC. The number of β-amino-alcohol motifs (C(OH)–C–C–N with tert-alkyl or cyclic N) is 1. The first-order valence-electron chi connectivity index (χ1n) is 6.49. The summed E-state index contributed by atoms with van der Waals surface area (Å²) in [7, 11) is 1.64. The lowest BCUT2D eigenvalue weighted by atomic mass is 9.99. The van der Waals surface area contributed by atoms with Crippen molar-refractivity contribution in [3.63, 3.8) is 0 Å². The Morgan fingerprint density at radius 1 is 1.53 bits per heavy atom. The van der Waals surface area contributed by atoms with Crippen LogP contribution in [0.15, 0.2) is 0 Å². The van der Waals surface area contributed by atoms with Crippen LogP contribution in [0.3, 0.4) is 0 Å². The molecule has 0 aromatic heterocycles. The van der Waals surface area contributed by atoms with Crippen molar-refractivity contribution in [3.8, 4) is 0 Å². The molecule has 0 aromatic carbocycles. The number of nitrogens with zero attached hydrogens (tertiary/aromatic N) is 1. The van der Waals surface area contributed by atoms with Gasteiger partial charge in [-0.3, -0.25) is 4.90 Å². The van der Waals surface area contributed by atoms with E-state index in [0.29, 0.717) is 12.6 Å². The summed E-state index contributed by atoms with van der Waals surface area (Å²) in [6.45, 7) is 10.4. The Hall–Kier alpha value is -0.160. The van der Waals surface area contributed by atoms with Crippen LogP contribution in [0.2, 0.25) is 0 Å². The molecule has 0 aliphatic carbocycles. The van der Waals surface area contributed by atoms with E-state index in [1.54, 1.807) is 7.11 Å². The molecule has 4 nitrogen and oxygen atoms in total. The molecule has 1 fully saturated rings. The Kier molecular flexibility index (Phi) is 5.38. The van der Waals surface area contributed by atoms with E-state index in [-0.39, 0.29) is 6.10 Å². The summed E-state index contributed by atoms with van der Waals surface area (Å²) in [6, 6.07) is 0.411. The lowest BCUT2D eigenvalue weighted by Crippen LogP contribution is -2.54. The van der Waals surface area contributed by atoms with E-state index in [2.05, 4.69) is 18.7 Å². The molecular formula is C13H27NO3. The highest BCUT2D eigenvalue weighted by Crippen LogP contribution is 2.19.